The monoisotopic (exact) mass is 208 g/mol. The highest BCUT2D eigenvalue weighted by Crippen LogP contribution is 2.22. The molecule has 1 fully saturated rings. The summed E-state index contributed by atoms with van der Waals surface area (Å²) in [5.41, 5.74) is 1.69. The number of rotatable bonds is 2. The second-order valence-corrected chi connectivity index (χ2v) is 4.43. The minimum absolute atomic E-state index is 0.500. The van der Waals surface area contributed by atoms with Crippen LogP contribution in [0.4, 0.5) is 11.4 Å². The molecule has 4 heteroatoms. The first-order valence-corrected chi connectivity index (χ1v) is 5.82. The van der Waals surface area contributed by atoms with Crippen LogP contribution in [0.25, 0.3) is 0 Å². The predicted molar refractivity (Wildman–Crippen MR) is 61.4 cm³/mol. The Hall–Kier alpha value is -1.03. The Balaban J connectivity index is 2.11. The second kappa shape index (κ2) is 4.46. The van der Waals surface area contributed by atoms with E-state index in [1.165, 1.54) is 17.2 Å². The van der Waals surface area contributed by atoms with E-state index in [1.54, 1.807) is 12.1 Å². The minimum Gasteiger partial charge on any atom is -0.370 e. The molecule has 0 aliphatic carbocycles. The highest BCUT2D eigenvalue weighted by molar-refractivity contribution is 7.99. The second-order valence-electron chi connectivity index (χ2n) is 3.21. The molecule has 2 rings (SSSR count). The lowest BCUT2D eigenvalue weighted by molar-refractivity contribution is 0.859. The molecule has 1 aromatic rings. The molecular weight excluding hydrogens is 196 g/mol. The predicted octanol–water partition coefficient (Wildman–Crippen LogP) is 2.64. The average molecular weight is 208 g/mol. The molecule has 0 amide bonds. The first kappa shape index (κ1) is 9.52. The molecule has 1 aliphatic rings. The largest absolute Gasteiger partial charge is 0.370 e. The van der Waals surface area contributed by atoms with Crippen molar-refractivity contribution in [2.75, 3.05) is 29.5 Å². The summed E-state index contributed by atoms with van der Waals surface area (Å²) in [7, 11) is 0. The van der Waals surface area contributed by atoms with E-state index < -0.39 is 0 Å². The molecule has 0 bridgehead atoms. The molecule has 0 atom stereocenters. The van der Waals surface area contributed by atoms with Gasteiger partial charge in [0.1, 0.15) is 5.69 Å². The van der Waals surface area contributed by atoms with Gasteiger partial charge in [0.05, 0.1) is 0 Å². The van der Waals surface area contributed by atoms with Gasteiger partial charge in [0.2, 0.25) is 0 Å². The van der Waals surface area contributed by atoms with Gasteiger partial charge >= 0.3 is 0 Å². The Morgan fingerprint density at radius 1 is 1.14 bits per heavy atom. The summed E-state index contributed by atoms with van der Waals surface area (Å²) in [5.74, 6) is 2.38. The lowest BCUT2D eigenvalue weighted by Crippen LogP contribution is -2.32. The summed E-state index contributed by atoms with van der Waals surface area (Å²) in [6, 6.07) is 7.47. The number of benzene rings is 1. The quantitative estimate of drug-likeness (QED) is 0.700. The first-order valence-electron chi connectivity index (χ1n) is 4.66. The van der Waals surface area contributed by atoms with Crippen LogP contribution in [0.15, 0.2) is 29.4 Å². The Labute approximate surface area is 87.5 Å². The maximum atomic E-state index is 10.2. The molecule has 0 N–H and O–H groups in total. The van der Waals surface area contributed by atoms with Crippen LogP contribution >= 0.6 is 11.8 Å². The van der Waals surface area contributed by atoms with Crippen LogP contribution in [-0.2, 0) is 0 Å². The zero-order chi connectivity index (χ0) is 9.80. The van der Waals surface area contributed by atoms with Crippen molar-refractivity contribution in [3.05, 3.63) is 29.2 Å². The van der Waals surface area contributed by atoms with E-state index >= 15 is 0 Å². The molecule has 0 spiro atoms. The summed E-state index contributed by atoms with van der Waals surface area (Å²) in [4.78, 5) is 12.6. The van der Waals surface area contributed by atoms with E-state index in [4.69, 9.17) is 0 Å². The average Bonchev–Trinajstić information content (AvgIpc) is 2.30. The van der Waals surface area contributed by atoms with Gasteiger partial charge in [0, 0.05) is 30.3 Å². The number of hydrogen-bond donors (Lipinski definition) is 0. The molecule has 74 valence electrons. The first-order chi connectivity index (χ1) is 6.90. The van der Waals surface area contributed by atoms with Gasteiger partial charge < -0.3 is 4.90 Å². The van der Waals surface area contributed by atoms with E-state index in [0.29, 0.717) is 5.69 Å². The number of nitroso groups, excluding NO2 is 1. The van der Waals surface area contributed by atoms with E-state index in [9.17, 15) is 4.91 Å². The van der Waals surface area contributed by atoms with E-state index in [-0.39, 0.29) is 0 Å². The van der Waals surface area contributed by atoms with Crippen molar-refractivity contribution in [2.24, 2.45) is 5.18 Å². The third-order valence-electron chi connectivity index (χ3n) is 2.33. The fourth-order valence-electron chi connectivity index (χ4n) is 1.55. The normalized spacial score (nSPS) is 16.7. The summed E-state index contributed by atoms with van der Waals surface area (Å²) >= 11 is 1.99. The Morgan fingerprint density at radius 2 is 1.79 bits per heavy atom. The van der Waals surface area contributed by atoms with Gasteiger partial charge in [0.15, 0.2) is 0 Å². The van der Waals surface area contributed by atoms with Gasteiger partial charge in [-0.25, -0.2) is 0 Å². The lowest BCUT2D eigenvalue weighted by atomic mass is 10.2. The molecule has 3 nitrogen and oxygen atoms in total. The molecule has 14 heavy (non-hydrogen) atoms. The van der Waals surface area contributed by atoms with Crippen molar-refractivity contribution >= 4 is 23.1 Å². The molecule has 1 saturated heterocycles. The van der Waals surface area contributed by atoms with Crippen LogP contribution < -0.4 is 4.90 Å². The molecule has 0 unspecified atom stereocenters. The van der Waals surface area contributed by atoms with Crippen LogP contribution in [0.1, 0.15) is 0 Å². The van der Waals surface area contributed by atoms with Crippen molar-refractivity contribution in [3.8, 4) is 0 Å². The fraction of sp³-hybridized carbons (Fsp3) is 0.400. The van der Waals surface area contributed by atoms with E-state index in [0.717, 1.165) is 13.1 Å². The summed E-state index contributed by atoms with van der Waals surface area (Å²) in [6.07, 6.45) is 0. The van der Waals surface area contributed by atoms with Crippen LogP contribution in [0.3, 0.4) is 0 Å². The molecular formula is C10H12N2OS. The van der Waals surface area contributed by atoms with Gasteiger partial charge in [-0.05, 0) is 29.4 Å². The van der Waals surface area contributed by atoms with Crippen LogP contribution in [0.2, 0.25) is 0 Å². The van der Waals surface area contributed by atoms with Gasteiger partial charge in [-0.15, -0.1) is 4.91 Å². The minimum atomic E-state index is 0.500. The molecule has 0 aromatic heterocycles. The Bertz CT molecular complexity index is 306. The van der Waals surface area contributed by atoms with Crippen LogP contribution in [0.5, 0.6) is 0 Å². The number of thioether (sulfide) groups is 1. The summed E-state index contributed by atoms with van der Waals surface area (Å²) in [6.45, 7) is 2.19. The highest BCUT2D eigenvalue weighted by atomic mass is 32.2. The number of nitrogens with zero attached hydrogens (tertiary/aromatic N) is 2. The van der Waals surface area contributed by atoms with Gasteiger partial charge in [0.25, 0.3) is 0 Å². The molecule has 1 aromatic carbocycles. The number of anilines is 1. The fourth-order valence-corrected chi connectivity index (χ4v) is 2.45. The maximum Gasteiger partial charge on any atom is 0.108 e. The SMILES string of the molecule is O=Nc1ccc(N2CCSCC2)cc1. The standard InChI is InChI=1S/C10H12N2OS/c13-11-9-1-3-10(4-2-9)12-5-7-14-8-6-12/h1-4H,5-8H2. The van der Waals surface area contributed by atoms with Crippen molar-refractivity contribution in [1.82, 2.24) is 0 Å². The Kier molecular flexibility index (Phi) is 3.03. The zero-order valence-electron chi connectivity index (χ0n) is 7.85. The van der Waals surface area contributed by atoms with Crippen molar-refractivity contribution in [1.29, 1.82) is 0 Å². The van der Waals surface area contributed by atoms with Gasteiger partial charge in [-0.1, -0.05) is 0 Å². The van der Waals surface area contributed by atoms with Crippen molar-refractivity contribution < 1.29 is 0 Å². The molecule has 0 radical (unpaired) electrons. The summed E-state index contributed by atoms with van der Waals surface area (Å²) < 4.78 is 0. The Morgan fingerprint density at radius 3 is 2.36 bits per heavy atom. The molecule has 0 saturated carbocycles. The summed E-state index contributed by atoms with van der Waals surface area (Å²) in [5, 5.41) is 2.88. The third kappa shape index (κ3) is 2.07. The van der Waals surface area contributed by atoms with E-state index in [1.807, 2.05) is 23.9 Å². The zero-order valence-corrected chi connectivity index (χ0v) is 8.67. The number of hydrogen-bond acceptors (Lipinski definition) is 4. The smallest absolute Gasteiger partial charge is 0.108 e. The topological polar surface area (TPSA) is 32.7 Å². The molecule has 1 heterocycles. The van der Waals surface area contributed by atoms with Crippen molar-refractivity contribution in [3.63, 3.8) is 0 Å². The maximum absolute atomic E-state index is 10.2. The van der Waals surface area contributed by atoms with Crippen LogP contribution in [0, 0.1) is 4.91 Å². The lowest BCUT2D eigenvalue weighted by Gasteiger charge is -2.28. The van der Waals surface area contributed by atoms with E-state index in [2.05, 4.69) is 10.1 Å². The van der Waals surface area contributed by atoms with Crippen molar-refractivity contribution in [2.45, 2.75) is 0 Å². The highest BCUT2D eigenvalue weighted by Gasteiger charge is 2.10. The molecule has 1 aliphatic heterocycles. The van der Waals surface area contributed by atoms with Crippen LogP contribution in [-0.4, -0.2) is 24.6 Å². The van der Waals surface area contributed by atoms with Gasteiger partial charge in [-0.3, -0.25) is 0 Å². The third-order valence-corrected chi connectivity index (χ3v) is 3.27. The van der Waals surface area contributed by atoms with Gasteiger partial charge in [-0.2, -0.15) is 11.8 Å².